The number of nitrogens with one attached hydrogen (secondary N) is 1. The standard InChI is InChI=1S/C14H24N2O2/c1-11(2)6-15-7-13-4-5-14(8-16-13)18-10-12(3)9-17/h4-5,8,11-12,15,17H,6-7,9-10H2,1-3H3. The number of aromatic nitrogens is 1. The molecule has 1 heterocycles. The molecule has 102 valence electrons. The summed E-state index contributed by atoms with van der Waals surface area (Å²) in [7, 11) is 0. The van der Waals surface area contributed by atoms with E-state index < -0.39 is 0 Å². The molecule has 1 unspecified atom stereocenters. The molecule has 0 aliphatic rings. The van der Waals surface area contributed by atoms with Gasteiger partial charge in [-0.2, -0.15) is 0 Å². The van der Waals surface area contributed by atoms with Crippen molar-refractivity contribution in [2.24, 2.45) is 11.8 Å². The van der Waals surface area contributed by atoms with Crippen LogP contribution in [0.3, 0.4) is 0 Å². The minimum Gasteiger partial charge on any atom is -0.492 e. The molecule has 0 radical (unpaired) electrons. The molecule has 1 aromatic rings. The lowest BCUT2D eigenvalue weighted by atomic mass is 10.2. The SMILES string of the molecule is CC(C)CNCc1ccc(OCC(C)CO)cn1. The first kappa shape index (κ1) is 14.9. The topological polar surface area (TPSA) is 54.4 Å². The molecule has 0 fully saturated rings. The fraction of sp³-hybridized carbons (Fsp3) is 0.643. The second kappa shape index (κ2) is 8.06. The molecule has 4 heteroatoms. The van der Waals surface area contributed by atoms with E-state index in [2.05, 4.69) is 24.1 Å². The molecule has 1 atom stereocenters. The summed E-state index contributed by atoms with van der Waals surface area (Å²) < 4.78 is 5.51. The van der Waals surface area contributed by atoms with Crippen LogP contribution in [-0.4, -0.2) is 29.8 Å². The molecule has 0 amide bonds. The number of hydrogen-bond acceptors (Lipinski definition) is 4. The Hall–Kier alpha value is -1.13. The minimum atomic E-state index is 0.143. The number of pyridine rings is 1. The third-order valence-corrected chi connectivity index (χ3v) is 2.50. The van der Waals surface area contributed by atoms with Crippen LogP contribution in [0.4, 0.5) is 0 Å². The Labute approximate surface area is 109 Å². The van der Waals surface area contributed by atoms with Gasteiger partial charge in [-0.3, -0.25) is 4.98 Å². The van der Waals surface area contributed by atoms with E-state index in [1.165, 1.54) is 0 Å². The summed E-state index contributed by atoms with van der Waals surface area (Å²) in [6, 6.07) is 3.88. The van der Waals surface area contributed by atoms with Crippen LogP contribution in [0.15, 0.2) is 18.3 Å². The summed E-state index contributed by atoms with van der Waals surface area (Å²) >= 11 is 0. The average molecular weight is 252 g/mol. The highest BCUT2D eigenvalue weighted by Gasteiger charge is 2.02. The van der Waals surface area contributed by atoms with E-state index in [9.17, 15) is 0 Å². The van der Waals surface area contributed by atoms with Crippen molar-refractivity contribution >= 4 is 0 Å². The predicted molar refractivity (Wildman–Crippen MR) is 72.5 cm³/mol. The third-order valence-electron chi connectivity index (χ3n) is 2.50. The fourth-order valence-electron chi connectivity index (χ4n) is 1.38. The third kappa shape index (κ3) is 5.98. The van der Waals surface area contributed by atoms with Crippen molar-refractivity contribution < 1.29 is 9.84 Å². The van der Waals surface area contributed by atoms with Crippen molar-refractivity contribution in [1.82, 2.24) is 10.3 Å². The number of aliphatic hydroxyl groups excluding tert-OH is 1. The lowest BCUT2D eigenvalue weighted by molar-refractivity contribution is 0.174. The van der Waals surface area contributed by atoms with Gasteiger partial charge in [-0.15, -0.1) is 0 Å². The maximum absolute atomic E-state index is 8.89. The summed E-state index contributed by atoms with van der Waals surface area (Å²) in [5, 5.41) is 12.2. The molecular formula is C14H24N2O2. The van der Waals surface area contributed by atoms with Crippen molar-refractivity contribution in [2.75, 3.05) is 19.8 Å². The molecule has 0 spiro atoms. The molecule has 0 saturated heterocycles. The van der Waals surface area contributed by atoms with Crippen LogP contribution in [-0.2, 0) is 6.54 Å². The molecular weight excluding hydrogens is 228 g/mol. The van der Waals surface area contributed by atoms with E-state index in [1.54, 1.807) is 6.20 Å². The zero-order valence-electron chi connectivity index (χ0n) is 11.5. The lowest BCUT2D eigenvalue weighted by Crippen LogP contribution is -2.19. The number of aliphatic hydroxyl groups is 1. The molecule has 4 nitrogen and oxygen atoms in total. The van der Waals surface area contributed by atoms with Gasteiger partial charge in [0, 0.05) is 19.1 Å². The Balaban J connectivity index is 2.33. The van der Waals surface area contributed by atoms with Gasteiger partial charge in [0.05, 0.1) is 18.5 Å². The first-order chi connectivity index (χ1) is 8.61. The molecule has 0 bridgehead atoms. The summed E-state index contributed by atoms with van der Waals surface area (Å²) in [6.45, 7) is 8.74. The highest BCUT2D eigenvalue weighted by molar-refractivity contribution is 5.19. The van der Waals surface area contributed by atoms with Gasteiger partial charge in [0.2, 0.25) is 0 Å². The van der Waals surface area contributed by atoms with Gasteiger partial charge in [-0.25, -0.2) is 0 Å². The van der Waals surface area contributed by atoms with Gasteiger partial charge >= 0.3 is 0 Å². The van der Waals surface area contributed by atoms with Crippen molar-refractivity contribution in [3.05, 3.63) is 24.0 Å². The van der Waals surface area contributed by atoms with E-state index in [4.69, 9.17) is 9.84 Å². The van der Waals surface area contributed by atoms with Crippen LogP contribution < -0.4 is 10.1 Å². The predicted octanol–water partition coefficient (Wildman–Crippen LogP) is 1.83. The molecule has 0 aromatic carbocycles. The van der Waals surface area contributed by atoms with Crippen LogP contribution in [0.5, 0.6) is 5.75 Å². The smallest absolute Gasteiger partial charge is 0.137 e. The highest BCUT2D eigenvalue weighted by atomic mass is 16.5. The van der Waals surface area contributed by atoms with Crippen molar-refractivity contribution in [1.29, 1.82) is 0 Å². The van der Waals surface area contributed by atoms with Gasteiger partial charge in [-0.1, -0.05) is 20.8 Å². The van der Waals surface area contributed by atoms with Crippen LogP contribution in [0.1, 0.15) is 26.5 Å². The first-order valence-electron chi connectivity index (χ1n) is 6.51. The Morgan fingerprint density at radius 1 is 1.33 bits per heavy atom. The summed E-state index contributed by atoms with van der Waals surface area (Å²) in [5.74, 6) is 1.55. The zero-order chi connectivity index (χ0) is 13.4. The Bertz CT molecular complexity index is 325. The summed E-state index contributed by atoms with van der Waals surface area (Å²) in [4.78, 5) is 4.33. The first-order valence-corrected chi connectivity index (χ1v) is 6.51. The molecule has 1 rings (SSSR count). The van der Waals surface area contributed by atoms with Crippen molar-refractivity contribution in [3.63, 3.8) is 0 Å². The maximum atomic E-state index is 8.89. The maximum Gasteiger partial charge on any atom is 0.137 e. The molecule has 0 aliphatic carbocycles. The van der Waals surface area contributed by atoms with Crippen molar-refractivity contribution in [3.8, 4) is 5.75 Å². The van der Waals surface area contributed by atoms with Gasteiger partial charge in [0.25, 0.3) is 0 Å². The normalized spacial score (nSPS) is 12.7. The Kier molecular flexibility index (Phi) is 6.68. The van der Waals surface area contributed by atoms with E-state index in [0.717, 1.165) is 24.5 Å². The van der Waals surface area contributed by atoms with E-state index in [0.29, 0.717) is 12.5 Å². The largest absolute Gasteiger partial charge is 0.492 e. The highest BCUT2D eigenvalue weighted by Crippen LogP contribution is 2.10. The average Bonchev–Trinajstić information content (AvgIpc) is 2.37. The van der Waals surface area contributed by atoms with Crippen LogP contribution in [0.2, 0.25) is 0 Å². The summed E-state index contributed by atoms with van der Waals surface area (Å²) in [5.41, 5.74) is 1.01. The second-order valence-electron chi connectivity index (χ2n) is 5.11. The molecule has 0 saturated carbocycles. The van der Waals surface area contributed by atoms with Crippen LogP contribution in [0.25, 0.3) is 0 Å². The lowest BCUT2D eigenvalue weighted by Gasteiger charge is -2.11. The Morgan fingerprint density at radius 2 is 2.11 bits per heavy atom. The van der Waals surface area contributed by atoms with E-state index in [-0.39, 0.29) is 12.5 Å². The summed E-state index contributed by atoms with van der Waals surface area (Å²) in [6.07, 6.45) is 1.73. The van der Waals surface area contributed by atoms with Gasteiger partial charge in [0.1, 0.15) is 5.75 Å². The van der Waals surface area contributed by atoms with Gasteiger partial charge in [-0.05, 0) is 24.6 Å². The molecule has 18 heavy (non-hydrogen) atoms. The number of rotatable bonds is 8. The monoisotopic (exact) mass is 252 g/mol. The van der Waals surface area contributed by atoms with E-state index >= 15 is 0 Å². The quantitative estimate of drug-likeness (QED) is 0.741. The van der Waals surface area contributed by atoms with Gasteiger partial charge in [0.15, 0.2) is 0 Å². The number of nitrogens with zero attached hydrogens (tertiary/aromatic N) is 1. The van der Waals surface area contributed by atoms with Gasteiger partial charge < -0.3 is 15.2 Å². The molecule has 2 N–H and O–H groups in total. The van der Waals surface area contributed by atoms with Crippen LogP contribution >= 0.6 is 0 Å². The van der Waals surface area contributed by atoms with Crippen LogP contribution in [0, 0.1) is 11.8 Å². The second-order valence-corrected chi connectivity index (χ2v) is 5.11. The fourth-order valence-corrected chi connectivity index (χ4v) is 1.38. The number of ether oxygens (including phenoxy) is 1. The Morgan fingerprint density at radius 3 is 2.67 bits per heavy atom. The zero-order valence-corrected chi connectivity index (χ0v) is 11.5. The molecule has 0 aliphatic heterocycles. The van der Waals surface area contributed by atoms with E-state index in [1.807, 2.05) is 19.1 Å². The number of hydrogen-bond donors (Lipinski definition) is 2. The molecule has 1 aromatic heterocycles. The van der Waals surface area contributed by atoms with Crippen molar-refractivity contribution in [2.45, 2.75) is 27.3 Å². The minimum absolute atomic E-state index is 0.143.